The lowest BCUT2D eigenvalue weighted by molar-refractivity contribution is -0.136. The highest BCUT2D eigenvalue weighted by atomic mass is 35.5. The summed E-state index contributed by atoms with van der Waals surface area (Å²) in [5, 5.41) is 14.4. The summed E-state index contributed by atoms with van der Waals surface area (Å²) in [7, 11) is 1.60. The smallest absolute Gasteiger partial charge is 0.307 e. The maximum absolute atomic E-state index is 12.5. The number of halogens is 1. The zero-order chi connectivity index (χ0) is 30.2. The lowest BCUT2D eigenvalue weighted by Crippen LogP contribution is -2.21. The van der Waals surface area contributed by atoms with Gasteiger partial charge < -0.3 is 19.9 Å². The topological polar surface area (TPSA) is 97.8 Å². The van der Waals surface area contributed by atoms with Gasteiger partial charge in [0.15, 0.2) is 5.78 Å². The SMILES string of the molecule is COc1ccc(CC(=O)O)cc1-c1ccc(-c2ccc3cccnc3c2)cc1CNCCC(=O)COc1ccc(Cl)cc1. The van der Waals surface area contributed by atoms with Gasteiger partial charge in [-0.2, -0.15) is 0 Å². The second-order valence-corrected chi connectivity index (χ2v) is 10.5. The minimum Gasteiger partial charge on any atom is -0.496 e. The number of methoxy groups -OCH3 is 1. The Labute approximate surface area is 255 Å². The van der Waals surface area contributed by atoms with Crippen LogP contribution in [-0.2, 0) is 22.6 Å². The van der Waals surface area contributed by atoms with E-state index in [1.165, 1.54) is 0 Å². The molecule has 2 N–H and O–H groups in total. The van der Waals surface area contributed by atoms with Crippen LogP contribution in [0.15, 0.2) is 97.2 Å². The minimum atomic E-state index is -0.900. The fourth-order valence-electron chi connectivity index (χ4n) is 4.90. The molecule has 0 aliphatic carbocycles. The summed E-state index contributed by atoms with van der Waals surface area (Å²) in [6, 6.07) is 28.7. The fourth-order valence-corrected chi connectivity index (χ4v) is 5.02. The van der Waals surface area contributed by atoms with Gasteiger partial charge >= 0.3 is 5.97 Å². The second-order valence-electron chi connectivity index (χ2n) is 10.1. The number of rotatable bonds is 13. The first-order chi connectivity index (χ1) is 20.9. The number of carboxylic acids is 1. The Bertz CT molecular complexity index is 1750. The van der Waals surface area contributed by atoms with Gasteiger partial charge in [-0.05, 0) is 82.4 Å². The third-order valence-corrected chi connectivity index (χ3v) is 7.32. The first-order valence-corrected chi connectivity index (χ1v) is 14.3. The van der Waals surface area contributed by atoms with Gasteiger partial charge in [-0.15, -0.1) is 0 Å². The van der Waals surface area contributed by atoms with Gasteiger partial charge in [0.05, 0.1) is 19.0 Å². The number of Topliss-reactive ketones (excluding diaryl/α,β-unsaturated/α-hetero) is 1. The van der Waals surface area contributed by atoms with E-state index in [9.17, 15) is 14.7 Å². The first kappa shape index (κ1) is 29.8. The van der Waals surface area contributed by atoms with Gasteiger partial charge in [-0.3, -0.25) is 14.6 Å². The molecule has 8 heteroatoms. The second kappa shape index (κ2) is 14.0. The van der Waals surface area contributed by atoms with Gasteiger partial charge in [0.2, 0.25) is 0 Å². The molecule has 7 nitrogen and oxygen atoms in total. The maximum atomic E-state index is 12.5. The van der Waals surface area contributed by atoms with E-state index >= 15 is 0 Å². The van der Waals surface area contributed by atoms with Crippen LogP contribution in [0.3, 0.4) is 0 Å². The van der Waals surface area contributed by atoms with Gasteiger partial charge in [-0.1, -0.05) is 48.0 Å². The van der Waals surface area contributed by atoms with Gasteiger partial charge in [0.1, 0.15) is 18.1 Å². The quantitative estimate of drug-likeness (QED) is 0.142. The first-order valence-electron chi connectivity index (χ1n) is 13.9. The van der Waals surface area contributed by atoms with Crippen molar-refractivity contribution in [1.82, 2.24) is 10.3 Å². The van der Waals surface area contributed by atoms with Crippen LogP contribution in [0.25, 0.3) is 33.2 Å². The average molecular weight is 595 g/mol. The van der Waals surface area contributed by atoms with Crippen molar-refractivity contribution >= 4 is 34.3 Å². The number of fused-ring (bicyclic) bond motifs is 1. The number of carbonyl (C=O) groups is 2. The van der Waals surface area contributed by atoms with Crippen molar-refractivity contribution in [2.24, 2.45) is 0 Å². The van der Waals surface area contributed by atoms with E-state index in [0.29, 0.717) is 41.6 Å². The highest BCUT2D eigenvalue weighted by Gasteiger charge is 2.15. The molecule has 0 bridgehead atoms. The highest BCUT2D eigenvalue weighted by Crippen LogP contribution is 2.36. The predicted octanol–water partition coefficient (Wildman–Crippen LogP) is 6.99. The molecular weight excluding hydrogens is 564 g/mol. The average Bonchev–Trinajstić information content (AvgIpc) is 3.02. The van der Waals surface area contributed by atoms with Gasteiger partial charge in [0, 0.05) is 41.7 Å². The number of aliphatic carboxylic acids is 1. The summed E-state index contributed by atoms with van der Waals surface area (Å²) in [5.41, 5.74) is 6.33. The molecule has 0 aliphatic heterocycles. The minimum absolute atomic E-state index is 0.0202. The molecular formula is C35H31ClN2O5. The van der Waals surface area contributed by atoms with Crippen molar-refractivity contribution < 1.29 is 24.2 Å². The zero-order valence-corrected chi connectivity index (χ0v) is 24.4. The molecule has 0 saturated carbocycles. The van der Waals surface area contributed by atoms with Crippen molar-refractivity contribution in [3.8, 4) is 33.8 Å². The third-order valence-electron chi connectivity index (χ3n) is 7.06. The Morgan fingerprint density at radius 3 is 2.49 bits per heavy atom. The van der Waals surface area contributed by atoms with Crippen molar-refractivity contribution in [3.63, 3.8) is 0 Å². The molecule has 4 aromatic carbocycles. The Hall–Kier alpha value is -4.72. The number of benzene rings is 4. The van der Waals surface area contributed by atoms with E-state index in [1.54, 1.807) is 49.7 Å². The van der Waals surface area contributed by atoms with Crippen LogP contribution in [0.2, 0.25) is 5.02 Å². The summed E-state index contributed by atoms with van der Waals surface area (Å²) in [4.78, 5) is 28.4. The molecule has 1 aromatic heterocycles. The normalized spacial score (nSPS) is 10.9. The van der Waals surface area contributed by atoms with Crippen LogP contribution in [0.5, 0.6) is 11.5 Å². The number of carboxylic acid groups (broad SMARTS) is 1. The zero-order valence-electron chi connectivity index (χ0n) is 23.7. The Balaban J connectivity index is 1.37. The Morgan fingerprint density at radius 1 is 0.907 bits per heavy atom. The fraction of sp³-hybridized carbons (Fsp3) is 0.171. The van der Waals surface area contributed by atoms with Crippen LogP contribution < -0.4 is 14.8 Å². The van der Waals surface area contributed by atoms with E-state index in [0.717, 1.165) is 38.7 Å². The van der Waals surface area contributed by atoms with E-state index < -0.39 is 5.97 Å². The summed E-state index contributed by atoms with van der Waals surface area (Å²) in [6.45, 7) is 0.919. The Morgan fingerprint density at radius 2 is 1.70 bits per heavy atom. The van der Waals surface area contributed by atoms with Crippen LogP contribution in [0, 0.1) is 0 Å². The lowest BCUT2D eigenvalue weighted by atomic mass is 9.92. The molecule has 1 heterocycles. The number of nitrogens with one attached hydrogen (secondary N) is 1. The number of ketones is 1. The molecule has 43 heavy (non-hydrogen) atoms. The summed E-state index contributed by atoms with van der Waals surface area (Å²) >= 11 is 5.91. The molecule has 0 saturated heterocycles. The van der Waals surface area contributed by atoms with E-state index in [1.807, 2.05) is 30.3 Å². The number of pyridine rings is 1. The molecule has 0 unspecified atom stereocenters. The summed E-state index contributed by atoms with van der Waals surface area (Å²) in [5.74, 6) is 0.314. The number of ether oxygens (including phenoxy) is 2. The van der Waals surface area contributed by atoms with Gasteiger partial charge in [0.25, 0.3) is 0 Å². The molecule has 218 valence electrons. The van der Waals surface area contributed by atoms with Crippen molar-refractivity contribution in [1.29, 1.82) is 0 Å². The molecule has 0 spiro atoms. The van der Waals surface area contributed by atoms with Crippen molar-refractivity contribution in [2.75, 3.05) is 20.3 Å². The van der Waals surface area contributed by atoms with E-state index in [2.05, 4.69) is 34.6 Å². The Kier molecular flexibility index (Phi) is 9.66. The largest absolute Gasteiger partial charge is 0.496 e. The van der Waals surface area contributed by atoms with Crippen LogP contribution in [0.4, 0.5) is 0 Å². The van der Waals surface area contributed by atoms with Crippen LogP contribution >= 0.6 is 11.6 Å². The van der Waals surface area contributed by atoms with Crippen LogP contribution in [0.1, 0.15) is 17.5 Å². The standard InChI is InChI=1S/C35H31ClN2O5/c1-42-34-13-4-23(18-35(40)41)17-32(34)31-12-7-25(26-6-5-24-3-2-15-38-33(24)20-26)19-27(31)21-37-16-14-29(39)22-43-30-10-8-28(36)9-11-30/h2-13,15,17,19-20,37H,14,16,18,21-22H2,1H3,(H,40,41). The molecule has 0 atom stereocenters. The van der Waals surface area contributed by atoms with E-state index in [4.69, 9.17) is 21.1 Å². The number of hydrogen-bond donors (Lipinski definition) is 2. The van der Waals surface area contributed by atoms with Crippen molar-refractivity contribution in [2.45, 2.75) is 19.4 Å². The maximum Gasteiger partial charge on any atom is 0.307 e. The summed E-state index contributed by atoms with van der Waals surface area (Å²) < 4.78 is 11.2. The highest BCUT2D eigenvalue weighted by molar-refractivity contribution is 6.30. The van der Waals surface area contributed by atoms with Crippen LogP contribution in [-0.4, -0.2) is 42.1 Å². The molecule has 5 rings (SSSR count). The molecule has 0 fully saturated rings. The third kappa shape index (κ3) is 7.77. The number of aromatic nitrogens is 1. The molecule has 5 aromatic rings. The summed E-state index contributed by atoms with van der Waals surface area (Å²) in [6.07, 6.45) is 1.99. The number of hydrogen-bond acceptors (Lipinski definition) is 6. The van der Waals surface area contributed by atoms with E-state index in [-0.39, 0.29) is 18.8 Å². The molecule has 0 radical (unpaired) electrons. The van der Waals surface area contributed by atoms with Gasteiger partial charge in [-0.25, -0.2) is 0 Å². The number of nitrogens with zero attached hydrogens (tertiary/aromatic N) is 1. The lowest BCUT2D eigenvalue weighted by Gasteiger charge is -2.17. The molecule has 0 aliphatic rings. The molecule has 0 amide bonds. The predicted molar refractivity (Wildman–Crippen MR) is 169 cm³/mol. The number of carbonyl (C=O) groups excluding carboxylic acids is 1. The van der Waals surface area contributed by atoms with Crippen molar-refractivity contribution in [3.05, 3.63) is 113 Å². The monoisotopic (exact) mass is 594 g/mol.